The first-order valence-corrected chi connectivity index (χ1v) is 8.30. The molecule has 1 unspecified atom stereocenters. The second kappa shape index (κ2) is 5.13. The number of carbonyl (C=O) groups excluding carboxylic acids is 1. The lowest BCUT2D eigenvalue weighted by Gasteiger charge is -2.21. The minimum absolute atomic E-state index is 0.0193. The van der Waals surface area contributed by atoms with Gasteiger partial charge in [-0.15, -0.1) is 0 Å². The van der Waals surface area contributed by atoms with Crippen molar-refractivity contribution in [3.8, 4) is 5.95 Å². The van der Waals surface area contributed by atoms with Crippen LogP contribution in [0, 0.1) is 0 Å². The first-order chi connectivity index (χ1) is 10.4. The van der Waals surface area contributed by atoms with Gasteiger partial charge in [0, 0.05) is 12.4 Å². The van der Waals surface area contributed by atoms with Gasteiger partial charge in [-0.3, -0.25) is 10.1 Å². The quantitative estimate of drug-likeness (QED) is 0.842. The van der Waals surface area contributed by atoms with Crippen LogP contribution in [-0.2, 0) is 14.6 Å². The van der Waals surface area contributed by atoms with Crippen LogP contribution in [0.2, 0.25) is 0 Å². The van der Waals surface area contributed by atoms with Crippen molar-refractivity contribution >= 4 is 21.7 Å². The molecule has 1 aliphatic heterocycles. The molecule has 0 aromatic carbocycles. The van der Waals surface area contributed by atoms with Crippen LogP contribution >= 0.6 is 0 Å². The molecule has 0 bridgehead atoms. The van der Waals surface area contributed by atoms with E-state index >= 15 is 0 Å². The van der Waals surface area contributed by atoms with Gasteiger partial charge in [-0.05, 0) is 25.8 Å². The van der Waals surface area contributed by atoms with E-state index in [1.165, 1.54) is 30.3 Å². The third-order valence-electron chi connectivity index (χ3n) is 3.75. The summed E-state index contributed by atoms with van der Waals surface area (Å²) in [6.45, 7) is 1.43. The standard InChI is InChI=1S/C12H14N6O3S/c1-12(4-2-7-22(12,20)21)9(19)17-11-15-8-16-18(11)10-13-5-3-6-14-10/h3,5-6,8H,2,4,7H2,1H3,(H,15,16,17,19). The van der Waals surface area contributed by atoms with Crippen LogP contribution in [0.1, 0.15) is 19.8 Å². The molecule has 0 aliphatic carbocycles. The van der Waals surface area contributed by atoms with E-state index in [2.05, 4.69) is 25.4 Å². The monoisotopic (exact) mass is 322 g/mol. The smallest absolute Gasteiger partial charge is 0.253 e. The molecule has 10 heteroatoms. The highest BCUT2D eigenvalue weighted by atomic mass is 32.2. The van der Waals surface area contributed by atoms with E-state index in [4.69, 9.17) is 0 Å². The molecule has 0 radical (unpaired) electrons. The van der Waals surface area contributed by atoms with Gasteiger partial charge in [0.2, 0.25) is 11.9 Å². The maximum Gasteiger partial charge on any atom is 0.253 e. The first-order valence-electron chi connectivity index (χ1n) is 6.65. The molecule has 3 rings (SSSR count). The average Bonchev–Trinajstić information content (AvgIpc) is 3.05. The zero-order valence-electron chi connectivity index (χ0n) is 11.8. The van der Waals surface area contributed by atoms with Crippen LogP contribution in [0.15, 0.2) is 24.8 Å². The average molecular weight is 322 g/mol. The number of nitrogens with one attached hydrogen (secondary N) is 1. The van der Waals surface area contributed by atoms with E-state index < -0.39 is 20.5 Å². The van der Waals surface area contributed by atoms with Crippen molar-refractivity contribution in [2.75, 3.05) is 11.1 Å². The summed E-state index contributed by atoms with van der Waals surface area (Å²) in [5.74, 6) is -0.282. The molecular weight excluding hydrogens is 308 g/mol. The Morgan fingerprint density at radius 2 is 2.05 bits per heavy atom. The van der Waals surface area contributed by atoms with E-state index in [-0.39, 0.29) is 24.1 Å². The van der Waals surface area contributed by atoms with Crippen molar-refractivity contribution < 1.29 is 13.2 Å². The minimum Gasteiger partial charge on any atom is -0.293 e. The fourth-order valence-corrected chi connectivity index (χ4v) is 4.11. The summed E-state index contributed by atoms with van der Waals surface area (Å²) < 4.78 is 24.0. The highest BCUT2D eigenvalue weighted by Crippen LogP contribution is 2.33. The molecule has 3 heterocycles. The molecular formula is C12H14N6O3S. The van der Waals surface area contributed by atoms with Crippen molar-refractivity contribution in [1.82, 2.24) is 24.7 Å². The lowest BCUT2D eigenvalue weighted by Crippen LogP contribution is -2.44. The van der Waals surface area contributed by atoms with Crippen LogP contribution < -0.4 is 5.32 Å². The van der Waals surface area contributed by atoms with Crippen molar-refractivity contribution in [2.45, 2.75) is 24.5 Å². The summed E-state index contributed by atoms with van der Waals surface area (Å²) >= 11 is 0. The molecule has 22 heavy (non-hydrogen) atoms. The SMILES string of the molecule is CC1(C(=O)Nc2ncnn2-c2ncccn2)CCCS1(=O)=O. The van der Waals surface area contributed by atoms with E-state index in [1.807, 2.05) is 0 Å². The summed E-state index contributed by atoms with van der Waals surface area (Å²) in [6, 6.07) is 1.64. The maximum atomic E-state index is 12.4. The van der Waals surface area contributed by atoms with Gasteiger partial charge in [0.1, 0.15) is 11.1 Å². The Labute approximate surface area is 126 Å². The first kappa shape index (κ1) is 14.6. The van der Waals surface area contributed by atoms with Gasteiger partial charge in [-0.25, -0.2) is 18.4 Å². The maximum absolute atomic E-state index is 12.4. The number of sulfone groups is 1. The molecule has 1 amide bonds. The Kier molecular flexibility index (Phi) is 3.39. The Hall–Kier alpha value is -2.36. The van der Waals surface area contributed by atoms with Crippen molar-refractivity contribution in [3.63, 3.8) is 0 Å². The number of amides is 1. The number of hydrogen-bond donors (Lipinski definition) is 1. The predicted molar refractivity (Wildman–Crippen MR) is 77.0 cm³/mol. The second-order valence-corrected chi connectivity index (χ2v) is 7.69. The number of nitrogens with zero attached hydrogens (tertiary/aromatic N) is 5. The number of carbonyl (C=O) groups is 1. The molecule has 0 spiro atoms. The molecule has 1 atom stereocenters. The third kappa shape index (κ3) is 2.25. The molecule has 1 aliphatic rings. The molecule has 9 nitrogen and oxygen atoms in total. The number of aromatic nitrogens is 5. The lowest BCUT2D eigenvalue weighted by molar-refractivity contribution is -0.118. The fraction of sp³-hybridized carbons (Fsp3) is 0.417. The highest BCUT2D eigenvalue weighted by molar-refractivity contribution is 7.93. The van der Waals surface area contributed by atoms with Gasteiger partial charge in [0.25, 0.3) is 5.95 Å². The Morgan fingerprint density at radius 1 is 1.32 bits per heavy atom. The lowest BCUT2D eigenvalue weighted by atomic mass is 10.1. The normalized spacial score (nSPS) is 23.3. The molecule has 1 fully saturated rings. The molecule has 1 saturated heterocycles. The zero-order chi connectivity index (χ0) is 15.8. The van der Waals surface area contributed by atoms with Gasteiger partial charge in [-0.2, -0.15) is 14.8 Å². The Bertz CT molecular complexity index is 803. The summed E-state index contributed by atoms with van der Waals surface area (Å²) in [6.07, 6.45) is 5.05. The Balaban J connectivity index is 1.89. The highest BCUT2D eigenvalue weighted by Gasteiger charge is 2.50. The molecule has 116 valence electrons. The predicted octanol–water partition coefficient (Wildman–Crippen LogP) is -0.0369. The number of rotatable bonds is 3. The second-order valence-electron chi connectivity index (χ2n) is 5.15. The van der Waals surface area contributed by atoms with Crippen molar-refractivity contribution in [2.24, 2.45) is 0 Å². The molecule has 0 saturated carbocycles. The van der Waals surface area contributed by atoms with Crippen LogP contribution in [0.4, 0.5) is 5.95 Å². The van der Waals surface area contributed by atoms with Gasteiger partial charge in [0.05, 0.1) is 5.75 Å². The minimum atomic E-state index is -3.47. The van der Waals surface area contributed by atoms with E-state index in [0.29, 0.717) is 6.42 Å². The number of anilines is 1. The van der Waals surface area contributed by atoms with Gasteiger partial charge in [-0.1, -0.05) is 0 Å². The summed E-state index contributed by atoms with van der Waals surface area (Å²) in [5.41, 5.74) is 0. The van der Waals surface area contributed by atoms with Gasteiger partial charge >= 0.3 is 0 Å². The van der Waals surface area contributed by atoms with E-state index in [9.17, 15) is 13.2 Å². The van der Waals surface area contributed by atoms with Gasteiger partial charge < -0.3 is 0 Å². The van der Waals surface area contributed by atoms with Crippen LogP contribution in [0.5, 0.6) is 0 Å². The molecule has 2 aromatic heterocycles. The van der Waals surface area contributed by atoms with Crippen molar-refractivity contribution in [1.29, 1.82) is 0 Å². The third-order valence-corrected chi connectivity index (χ3v) is 6.34. The summed E-state index contributed by atoms with van der Waals surface area (Å²) in [7, 11) is -3.47. The van der Waals surface area contributed by atoms with Crippen LogP contribution in [-0.4, -0.2) is 49.6 Å². The van der Waals surface area contributed by atoms with Crippen LogP contribution in [0.25, 0.3) is 5.95 Å². The van der Waals surface area contributed by atoms with Gasteiger partial charge in [0.15, 0.2) is 9.84 Å². The van der Waals surface area contributed by atoms with E-state index in [0.717, 1.165) is 0 Å². The molecule has 1 N–H and O–H groups in total. The summed E-state index contributed by atoms with van der Waals surface area (Å²) in [4.78, 5) is 24.4. The summed E-state index contributed by atoms with van der Waals surface area (Å²) in [5, 5.41) is 6.46. The largest absolute Gasteiger partial charge is 0.293 e. The van der Waals surface area contributed by atoms with Crippen molar-refractivity contribution in [3.05, 3.63) is 24.8 Å². The van der Waals surface area contributed by atoms with E-state index in [1.54, 1.807) is 6.07 Å². The topological polar surface area (TPSA) is 120 Å². The number of hydrogen-bond acceptors (Lipinski definition) is 7. The Morgan fingerprint density at radius 3 is 2.68 bits per heavy atom. The zero-order valence-corrected chi connectivity index (χ0v) is 12.6. The fourth-order valence-electron chi connectivity index (χ4n) is 2.34. The van der Waals surface area contributed by atoms with Crippen LogP contribution in [0.3, 0.4) is 0 Å². The molecule has 2 aromatic rings.